The highest BCUT2D eigenvalue weighted by atomic mass is 16.5. The summed E-state index contributed by atoms with van der Waals surface area (Å²) in [5, 5.41) is 3.37. The van der Waals surface area contributed by atoms with Crippen LogP contribution in [0, 0.1) is 0 Å². The lowest BCUT2D eigenvalue weighted by Gasteiger charge is -2.33. The van der Waals surface area contributed by atoms with Crippen molar-refractivity contribution in [1.29, 1.82) is 0 Å². The molecule has 6 heteroatoms. The predicted octanol–water partition coefficient (Wildman–Crippen LogP) is 1.98. The molecule has 1 N–H and O–H groups in total. The van der Waals surface area contributed by atoms with Gasteiger partial charge >= 0.3 is 0 Å². The first-order valence-electron chi connectivity index (χ1n) is 9.65. The van der Waals surface area contributed by atoms with Crippen molar-refractivity contribution in [3.05, 3.63) is 23.9 Å². The molecule has 2 saturated heterocycles. The second-order valence-electron chi connectivity index (χ2n) is 7.35. The van der Waals surface area contributed by atoms with Crippen molar-refractivity contribution < 1.29 is 9.53 Å². The van der Waals surface area contributed by atoms with Gasteiger partial charge in [-0.25, -0.2) is 4.98 Å². The van der Waals surface area contributed by atoms with Crippen LogP contribution in [0.25, 0.3) is 0 Å². The van der Waals surface area contributed by atoms with Gasteiger partial charge in [0.1, 0.15) is 5.82 Å². The van der Waals surface area contributed by atoms with Crippen molar-refractivity contribution in [2.75, 3.05) is 44.6 Å². The van der Waals surface area contributed by atoms with Gasteiger partial charge in [0.25, 0.3) is 5.91 Å². The number of aromatic nitrogens is 1. The zero-order chi connectivity index (χ0) is 17.1. The lowest BCUT2D eigenvalue weighted by Crippen LogP contribution is -2.46. The van der Waals surface area contributed by atoms with E-state index in [1.807, 2.05) is 17.0 Å². The Balaban J connectivity index is 1.37. The second kappa shape index (κ2) is 7.70. The predicted molar refractivity (Wildman–Crippen MR) is 96.8 cm³/mol. The molecule has 25 heavy (non-hydrogen) atoms. The molecule has 0 aromatic carbocycles. The normalized spacial score (nSPS) is 25.0. The summed E-state index contributed by atoms with van der Waals surface area (Å²) in [6.07, 6.45) is 7.98. The Labute approximate surface area is 149 Å². The maximum Gasteiger partial charge on any atom is 0.257 e. The van der Waals surface area contributed by atoms with E-state index in [0.29, 0.717) is 17.9 Å². The number of piperidine rings is 1. The summed E-state index contributed by atoms with van der Waals surface area (Å²) in [6.45, 7) is 5.22. The van der Waals surface area contributed by atoms with Crippen LogP contribution >= 0.6 is 0 Å². The molecule has 3 heterocycles. The molecule has 1 aromatic heterocycles. The largest absolute Gasteiger partial charge is 0.374 e. The van der Waals surface area contributed by atoms with Crippen LogP contribution in [0.1, 0.15) is 42.5 Å². The minimum absolute atomic E-state index is 0.0967. The van der Waals surface area contributed by atoms with E-state index in [0.717, 1.165) is 51.7 Å². The Morgan fingerprint density at radius 2 is 2.08 bits per heavy atom. The number of pyridine rings is 1. The third-order valence-corrected chi connectivity index (χ3v) is 5.41. The third kappa shape index (κ3) is 4.12. The molecular weight excluding hydrogens is 316 g/mol. The monoisotopic (exact) mass is 344 g/mol. The van der Waals surface area contributed by atoms with Crippen molar-refractivity contribution in [2.24, 2.45) is 0 Å². The average molecular weight is 344 g/mol. The van der Waals surface area contributed by atoms with Crippen molar-refractivity contribution in [3.8, 4) is 0 Å². The Bertz CT molecular complexity index is 599. The summed E-state index contributed by atoms with van der Waals surface area (Å²) in [5.41, 5.74) is 0.680. The van der Waals surface area contributed by atoms with E-state index in [4.69, 9.17) is 4.74 Å². The van der Waals surface area contributed by atoms with E-state index in [1.54, 1.807) is 6.20 Å². The Hall–Kier alpha value is -1.66. The number of morpholine rings is 1. The van der Waals surface area contributed by atoms with E-state index in [-0.39, 0.29) is 12.0 Å². The summed E-state index contributed by atoms with van der Waals surface area (Å²) in [6, 6.07) is 4.50. The number of nitrogens with zero attached hydrogens (tertiary/aromatic N) is 3. The molecule has 3 fully saturated rings. The zero-order valence-electron chi connectivity index (χ0n) is 14.8. The van der Waals surface area contributed by atoms with Crippen LogP contribution in [-0.2, 0) is 4.74 Å². The Morgan fingerprint density at radius 3 is 2.88 bits per heavy atom. The summed E-state index contributed by atoms with van der Waals surface area (Å²) in [7, 11) is 0. The smallest absolute Gasteiger partial charge is 0.257 e. The molecule has 6 nitrogen and oxygen atoms in total. The fraction of sp³-hybridized carbons (Fsp3) is 0.684. The number of nitrogens with one attached hydrogen (secondary N) is 1. The molecule has 0 bridgehead atoms. The highest BCUT2D eigenvalue weighted by Gasteiger charge is 2.33. The van der Waals surface area contributed by atoms with Gasteiger partial charge in [-0.1, -0.05) is 0 Å². The van der Waals surface area contributed by atoms with Crippen molar-refractivity contribution in [3.63, 3.8) is 0 Å². The number of rotatable bonds is 5. The fourth-order valence-electron chi connectivity index (χ4n) is 3.83. The van der Waals surface area contributed by atoms with Gasteiger partial charge < -0.3 is 15.0 Å². The maximum atomic E-state index is 12.8. The highest BCUT2D eigenvalue weighted by Crippen LogP contribution is 2.28. The molecular formula is C19H28N4O2. The van der Waals surface area contributed by atoms with E-state index >= 15 is 0 Å². The summed E-state index contributed by atoms with van der Waals surface area (Å²) < 4.78 is 5.90. The zero-order valence-corrected chi connectivity index (χ0v) is 14.8. The lowest BCUT2D eigenvalue weighted by molar-refractivity contribution is -0.0241. The Morgan fingerprint density at radius 1 is 1.24 bits per heavy atom. The number of anilines is 1. The van der Waals surface area contributed by atoms with Crippen LogP contribution in [0.5, 0.6) is 0 Å². The van der Waals surface area contributed by atoms with E-state index in [2.05, 4.69) is 15.2 Å². The van der Waals surface area contributed by atoms with Crippen LogP contribution < -0.4 is 5.32 Å². The average Bonchev–Trinajstić information content (AvgIpc) is 3.52. The van der Waals surface area contributed by atoms with Crippen LogP contribution in [0.3, 0.4) is 0 Å². The van der Waals surface area contributed by atoms with Crippen molar-refractivity contribution in [2.45, 2.75) is 44.2 Å². The van der Waals surface area contributed by atoms with Gasteiger partial charge in [-0.2, -0.15) is 0 Å². The molecule has 1 aromatic rings. The minimum Gasteiger partial charge on any atom is -0.374 e. The lowest BCUT2D eigenvalue weighted by atomic mass is 10.1. The topological polar surface area (TPSA) is 57.7 Å². The number of hydrogen-bond donors (Lipinski definition) is 1. The molecule has 1 saturated carbocycles. The van der Waals surface area contributed by atoms with Crippen LogP contribution in [-0.4, -0.2) is 72.2 Å². The molecule has 0 spiro atoms. The van der Waals surface area contributed by atoms with Crippen molar-refractivity contribution >= 4 is 11.7 Å². The SMILES string of the molecule is O=C(c1cccnc1NCC1CN(C2CC2)CCO1)N1CCCCC1. The first-order valence-corrected chi connectivity index (χ1v) is 9.65. The molecule has 1 unspecified atom stereocenters. The maximum absolute atomic E-state index is 12.8. The Kier molecular flexibility index (Phi) is 5.17. The first kappa shape index (κ1) is 16.8. The van der Waals surface area contributed by atoms with Crippen LogP contribution in [0.4, 0.5) is 5.82 Å². The summed E-state index contributed by atoms with van der Waals surface area (Å²) in [5.74, 6) is 0.782. The second-order valence-corrected chi connectivity index (χ2v) is 7.35. The number of carbonyl (C=O) groups is 1. The summed E-state index contributed by atoms with van der Waals surface area (Å²) in [4.78, 5) is 21.7. The van der Waals surface area contributed by atoms with E-state index in [1.165, 1.54) is 19.3 Å². The van der Waals surface area contributed by atoms with E-state index < -0.39 is 0 Å². The first-order chi connectivity index (χ1) is 12.3. The molecule has 4 rings (SSSR count). The molecule has 3 aliphatic rings. The van der Waals surface area contributed by atoms with Crippen LogP contribution in [0.15, 0.2) is 18.3 Å². The molecule has 136 valence electrons. The molecule has 1 atom stereocenters. The number of likely N-dealkylation sites (tertiary alicyclic amines) is 1. The highest BCUT2D eigenvalue weighted by molar-refractivity contribution is 5.98. The van der Waals surface area contributed by atoms with Gasteiger partial charge in [0, 0.05) is 45.0 Å². The summed E-state index contributed by atoms with van der Waals surface area (Å²) >= 11 is 0. The van der Waals surface area contributed by atoms with Gasteiger partial charge in [-0.15, -0.1) is 0 Å². The quantitative estimate of drug-likeness (QED) is 0.885. The van der Waals surface area contributed by atoms with Gasteiger partial charge in [-0.05, 0) is 44.2 Å². The third-order valence-electron chi connectivity index (χ3n) is 5.41. The number of carbonyl (C=O) groups excluding carboxylic acids is 1. The van der Waals surface area contributed by atoms with E-state index in [9.17, 15) is 4.79 Å². The molecule has 1 amide bonds. The number of amides is 1. The fourth-order valence-corrected chi connectivity index (χ4v) is 3.83. The minimum atomic E-state index is 0.0967. The van der Waals surface area contributed by atoms with Gasteiger partial charge in [0.05, 0.1) is 18.3 Å². The van der Waals surface area contributed by atoms with Crippen molar-refractivity contribution in [1.82, 2.24) is 14.8 Å². The molecule has 1 aliphatic carbocycles. The molecule has 2 aliphatic heterocycles. The van der Waals surface area contributed by atoms with Crippen LogP contribution in [0.2, 0.25) is 0 Å². The standard InChI is InChI=1S/C19H28N4O2/c24-19(22-9-2-1-3-10-22)17-5-4-8-20-18(17)21-13-16-14-23(11-12-25-16)15-6-7-15/h4-5,8,15-16H,1-3,6-7,9-14H2,(H,20,21). The van der Waals surface area contributed by atoms with Gasteiger partial charge in [-0.3, -0.25) is 9.69 Å². The van der Waals surface area contributed by atoms with Gasteiger partial charge in [0.2, 0.25) is 0 Å². The van der Waals surface area contributed by atoms with Gasteiger partial charge in [0.15, 0.2) is 0 Å². The number of ether oxygens (including phenoxy) is 1. The molecule has 0 radical (unpaired) electrons. The number of hydrogen-bond acceptors (Lipinski definition) is 5.